The Morgan fingerprint density at radius 3 is 2.89 bits per heavy atom. The van der Waals surface area contributed by atoms with E-state index in [1.165, 1.54) is 6.07 Å². The van der Waals surface area contributed by atoms with Gasteiger partial charge >= 0.3 is 0 Å². The van der Waals surface area contributed by atoms with E-state index in [1.54, 1.807) is 49.1 Å². The van der Waals surface area contributed by atoms with Crippen LogP contribution in [0.2, 0.25) is 0 Å². The Balaban J connectivity index is 1.84. The lowest BCUT2D eigenvalue weighted by Gasteiger charge is -2.11. The number of aliphatic hydroxyl groups is 1. The highest BCUT2D eigenvalue weighted by atomic mass is 19.1. The molecule has 4 aromatic rings. The van der Waals surface area contributed by atoms with E-state index in [9.17, 15) is 9.50 Å². The first kappa shape index (κ1) is 18.2. The van der Waals surface area contributed by atoms with Gasteiger partial charge in [-0.1, -0.05) is 0 Å². The number of halogens is 1. The van der Waals surface area contributed by atoms with Crippen LogP contribution in [-0.2, 0) is 4.74 Å². The molecular formula is C21H19FN4O2. The van der Waals surface area contributed by atoms with Crippen LogP contribution in [0.5, 0.6) is 0 Å². The molecule has 6 nitrogen and oxygen atoms in total. The van der Waals surface area contributed by atoms with E-state index >= 15 is 0 Å². The van der Waals surface area contributed by atoms with Crippen molar-refractivity contribution in [3.8, 4) is 22.5 Å². The number of fused-ring (bicyclic) bond motifs is 1. The summed E-state index contributed by atoms with van der Waals surface area (Å²) in [7, 11) is 0. The summed E-state index contributed by atoms with van der Waals surface area (Å²) in [6, 6.07) is 10.5. The van der Waals surface area contributed by atoms with Crippen molar-refractivity contribution >= 4 is 5.65 Å². The Hall–Kier alpha value is -3.16. The molecule has 3 heterocycles. The molecule has 1 N–H and O–H groups in total. The van der Waals surface area contributed by atoms with Crippen LogP contribution in [0.25, 0.3) is 28.2 Å². The summed E-state index contributed by atoms with van der Waals surface area (Å²) in [6.07, 6.45) is 3.91. The van der Waals surface area contributed by atoms with Gasteiger partial charge in [-0.25, -0.2) is 13.9 Å². The maximum absolute atomic E-state index is 13.7. The second-order valence-electron chi connectivity index (χ2n) is 6.35. The number of hydrogen-bond donors (Lipinski definition) is 1. The maximum atomic E-state index is 13.7. The molecule has 1 atom stereocenters. The number of nitrogens with zero attached hydrogens (tertiary/aromatic N) is 4. The summed E-state index contributed by atoms with van der Waals surface area (Å²) in [6.45, 7) is 3.90. The second-order valence-corrected chi connectivity index (χ2v) is 6.35. The van der Waals surface area contributed by atoms with Crippen molar-refractivity contribution in [3.63, 3.8) is 0 Å². The lowest BCUT2D eigenvalue weighted by atomic mass is 10.0. The zero-order valence-electron chi connectivity index (χ0n) is 15.5. The van der Waals surface area contributed by atoms with Gasteiger partial charge in [0.15, 0.2) is 11.9 Å². The van der Waals surface area contributed by atoms with Crippen molar-refractivity contribution in [2.75, 3.05) is 6.61 Å². The smallest absolute Gasteiger partial charge is 0.186 e. The Bertz CT molecular complexity index is 1140. The van der Waals surface area contributed by atoms with Gasteiger partial charge in [-0.2, -0.15) is 5.10 Å². The molecule has 0 aliphatic rings. The molecule has 28 heavy (non-hydrogen) atoms. The number of hydrogen-bond acceptors (Lipinski definition) is 5. The largest absolute Gasteiger partial charge is 0.364 e. The zero-order chi connectivity index (χ0) is 19.7. The molecule has 1 unspecified atom stereocenters. The molecule has 0 bridgehead atoms. The van der Waals surface area contributed by atoms with E-state index in [0.29, 0.717) is 34.8 Å². The highest BCUT2D eigenvalue weighted by Crippen LogP contribution is 2.31. The van der Waals surface area contributed by atoms with Crippen molar-refractivity contribution in [2.45, 2.75) is 20.1 Å². The molecule has 0 aliphatic carbocycles. The lowest BCUT2D eigenvalue weighted by Crippen LogP contribution is -2.03. The minimum atomic E-state index is -1.10. The maximum Gasteiger partial charge on any atom is 0.186 e. The molecule has 0 spiro atoms. The van der Waals surface area contributed by atoms with Gasteiger partial charge in [-0.15, -0.1) is 0 Å². The van der Waals surface area contributed by atoms with Crippen LogP contribution in [0.3, 0.4) is 0 Å². The number of aromatic nitrogens is 4. The summed E-state index contributed by atoms with van der Waals surface area (Å²) in [5, 5.41) is 14.4. The third-order valence-corrected chi connectivity index (χ3v) is 4.50. The monoisotopic (exact) mass is 378 g/mol. The van der Waals surface area contributed by atoms with E-state index in [4.69, 9.17) is 4.74 Å². The van der Waals surface area contributed by atoms with Crippen molar-refractivity contribution in [3.05, 3.63) is 71.9 Å². The van der Waals surface area contributed by atoms with E-state index in [-0.39, 0.29) is 5.82 Å². The Morgan fingerprint density at radius 2 is 2.11 bits per heavy atom. The fourth-order valence-electron chi connectivity index (χ4n) is 3.09. The molecule has 0 fully saturated rings. The fraction of sp³-hybridized carbons (Fsp3) is 0.190. The predicted molar refractivity (Wildman–Crippen MR) is 103 cm³/mol. The van der Waals surface area contributed by atoms with Crippen LogP contribution < -0.4 is 0 Å². The number of pyridine rings is 1. The van der Waals surface area contributed by atoms with Crippen molar-refractivity contribution < 1.29 is 14.2 Å². The SMILES string of the molecule is CCOC(O)c1cnn2ccc(-c3cccnc3-c3ccc(F)c(C)c3)nc12. The van der Waals surface area contributed by atoms with Gasteiger partial charge in [-0.3, -0.25) is 4.98 Å². The van der Waals surface area contributed by atoms with E-state index in [0.717, 1.165) is 11.1 Å². The van der Waals surface area contributed by atoms with Crippen LogP contribution in [0.15, 0.2) is 55.0 Å². The standard InChI is InChI=1S/C21H19FN4O2/c1-3-28-21(27)16-12-24-26-10-8-18(25-20(16)26)15-5-4-9-23-19(15)14-6-7-17(22)13(2)11-14/h4-12,21,27H,3H2,1-2H3. The Morgan fingerprint density at radius 1 is 1.25 bits per heavy atom. The van der Waals surface area contributed by atoms with Crippen LogP contribution in [0, 0.1) is 12.7 Å². The molecule has 7 heteroatoms. The van der Waals surface area contributed by atoms with Crippen LogP contribution in [0.4, 0.5) is 4.39 Å². The number of benzene rings is 1. The molecule has 0 saturated carbocycles. The first-order chi connectivity index (χ1) is 13.6. The highest BCUT2D eigenvalue weighted by molar-refractivity contribution is 5.79. The number of ether oxygens (including phenoxy) is 1. The summed E-state index contributed by atoms with van der Waals surface area (Å²) in [5.41, 5.74) is 4.52. The molecular weight excluding hydrogens is 359 g/mol. The van der Waals surface area contributed by atoms with Crippen LogP contribution in [-0.4, -0.2) is 31.3 Å². The quantitative estimate of drug-likeness (QED) is 0.533. The van der Waals surface area contributed by atoms with Crippen LogP contribution >= 0.6 is 0 Å². The normalized spacial score (nSPS) is 12.4. The van der Waals surface area contributed by atoms with Crippen LogP contribution in [0.1, 0.15) is 24.3 Å². The Kier molecular flexibility index (Phi) is 4.85. The average molecular weight is 378 g/mol. The van der Waals surface area contributed by atoms with Gasteiger partial charge in [0.25, 0.3) is 0 Å². The zero-order valence-corrected chi connectivity index (χ0v) is 15.5. The average Bonchev–Trinajstić information content (AvgIpc) is 3.13. The molecule has 3 aromatic heterocycles. The lowest BCUT2D eigenvalue weighted by molar-refractivity contribution is -0.0971. The number of aliphatic hydroxyl groups excluding tert-OH is 1. The number of rotatable bonds is 5. The molecule has 142 valence electrons. The first-order valence-corrected chi connectivity index (χ1v) is 8.94. The fourth-order valence-corrected chi connectivity index (χ4v) is 3.09. The molecule has 0 saturated heterocycles. The number of aryl methyl sites for hydroxylation is 1. The third kappa shape index (κ3) is 3.26. The van der Waals surface area contributed by atoms with Gasteiger partial charge in [0, 0.05) is 30.1 Å². The van der Waals surface area contributed by atoms with Gasteiger partial charge in [0.1, 0.15) is 5.82 Å². The summed E-state index contributed by atoms with van der Waals surface area (Å²) >= 11 is 0. The predicted octanol–water partition coefficient (Wildman–Crippen LogP) is 3.93. The highest BCUT2D eigenvalue weighted by Gasteiger charge is 2.17. The summed E-state index contributed by atoms with van der Waals surface area (Å²) < 4.78 is 20.5. The second kappa shape index (κ2) is 7.46. The van der Waals surface area contributed by atoms with E-state index in [2.05, 4.69) is 15.1 Å². The van der Waals surface area contributed by atoms with Gasteiger partial charge in [-0.05, 0) is 55.8 Å². The van der Waals surface area contributed by atoms with Gasteiger partial charge in [0.05, 0.1) is 23.1 Å². The van der Waals surface area contributed by atoms with Crippen molar-refractivity contribution in [2.24, 2.45) is 0 Å². The third-order valence-electron chi connectivity index (χ3n) is 4.50. The Labute approximate surface area is 161 Å². The minimum Gasteiger partial charge on any atom is -0.364 e. The molecule has 1 aromatic carbocycles. The van der Waals surface area contributed by atoms with Crippen molar-refractivity contribution in [1.82, 2.24) is 19.6 Å². The van der Waals surface area contributed by atoms with E-state index < -0.39 is 6.29 Å². The van der Waals surface area contributed by atoms with Gasteiger partial charge in [0.2, 0.25) is 0 Å². The molecule has 0 aliphatic heterocycles. The molecule has 4 rings (SSSR count). The minimum absolute atomic E-state index is 0.255. The summed E-state index contributed by atoms with van der Waals surface area (Å²) in [5.74, 6) is -0.255. The van der Waals surface area contributed by atoms with E-state index in [1.807, 2.05) is 18.2 Å². The topological polar surface area (TPSA) is 72.5 Å². The van der Waals surface area contributed by atoms with Crippen molar-refractivity contribution in [1.29, 1.82) is 0 Å². The molecule has 0 amide bonds. The summed E-state index contributed by atoms with van der Waals surface area (Å²) in [4.78, 5) is 9.17. The molecule has 0 radical (unpaired) electrons. The first-order valence-electron chi connectivity index (χ1n) is 8.94. The van der Waals surface area contributed by atoms with Gasteiger partial charge < -0.3 is 9.84 Å².